The lowest BCUT2D eigenvalue weighted by atomic mass is 10.2. The number of hydrogen-bond donors (Lipinski definition) is 1. The van der Waals surface area contributed by atoms with Crippen molar-refractivity contribution in [1.82, 2.24) is 4.98 Å². The van der Waals surface area contributed by atoms with E-state index in [0.29, 0.717) is 6.54 Å². The summed E-state index contributed by atoms with van der Waals surface area (Å²) in [6, 6.07) is 8.84. The van der Waals surface area contributed by atoms with Crippen molar-refractivity contribution in [3.05, 3.63) is 52.2 Å². The first kappa shape index (κ1) is 16.0. The van der Waals surface area contributed by atoms with Gasteiger partial charge in [0.1, 0.15) is 5.82 Å². The van der Waals surface area contributed by atoms with Gasteiger partial charge in [-0.2, -0.15) is 0 Å². The van der Waals surface area contributed by atoms with Crippen molar-refractivity contribution in [2.45, 2.75) is 19.4 Å². The van der Waals surface area contributed by atoms with Gasteiger partial charge in [0.05, 0.1) is 12.0 Å². The predicted molar refractivity (Wildman–Crippen MR) is 92.7 cm³/mol. The van der Waals surface area contributed by atoms with Crippen molar-refractivity contribution in [2.75, 3.05) is 30.4 Å². The van der Waals surface area contributed by atoms with Gasteiger partial charge in [-0.3, -0.25) is 10.1 Å². The van der Waals surface area contributed by atoms with Gasteiger partial charge in [-0.15, -0.1) is 0 Å². The summed E-state index contributed by atoms with van der Waals surface area (Å²) in [7, 11) is 1.42. The molecule has 0 atom stereocenters. The lowest BCUT2D eigenvalue weighted by Gasteiger charge is -2.16. The molecule has 0 unspecified atom stereocenters. The van der Waals surface area contributed by atoms with Crippen LogP contribution in [-0.4, -0.2) is 30.1 Å². The molecule has 7 nitrogen and oxygen atoms in total. The van der Waals surface area contributed by atoms with Gasteiger partial charge in [0.2, 0.25) is 0 Å². The second-order valence-corrected chi connectivity index (χ2v) is 5.72. The molecule has 0 amide bonds. The van der Waals surface area contributed by atoms with Crippen molar-refractivity contribution in [3.8, 4) is 5.75 Å². The number of ether oxygens (including phenoxy) is 1. The maximum absolute atomic E-state index is 10.9. The zero-order valence-corrected chi connectivity index (χ0v) is 13.6. The van der Waals surface area contributed by atoms with E-state index in [-0.39, 0.29) is 11.4 Å². The van der Waals surface area contributed by atoms with Gasteiger partial charge >= 0.3 is 5.69 Å². The fraction of sp³-hybridized carbons (Fsp3) is 0.353. The molecule has 1 fully saturated rings. The first-order chi connectivity index (χ1) is 11.7. The van der Waals surface area contributed by atoms with Crippen LogP contribution in [0.2, 0.25) is 0 Å². The average molecular weight is 328 g/mol. The number of aromatic nitrogens is 1. The van der Waals surface area contributed by atoms with E-state index >= 15 is 0 Å². The van der Waals surface area contributed by atoms with Crippen LogP contribution in [0.25, 0.3) is 0 Å². The molecular formula is C17H20N4O3. The highest BCUT2D eigenvalue weighted by Gasteiger charge is 2.15. The highest BCUT2D eigenvalue weighted by molar-refractivity contribution is 5.58. The molecule has 1 N–H and O–H groups in total. The van der Waals surface area contributed by atoms with Crippen LogP contribution in [0.4, 0.5) is 17.2 Å². The number of benzene rings is 1. The number of pyridine rings is 1. The highest BCUT2D eigenvalue weighted by atomic mass is 16.6. The smallest absolute Gasteiger partial charge is 0.311 e. The van der Waals surface area contributed by atoms with Crippen LogP contribution in [0, 0.1) is 10.1 Å². The van der Waals surface area contributed by atoms with Gasteiger partial charge < -0.3 is 15.0 Å². The summed E-state index contributed by atoms with van der Waals surface area (Å²) in [6.07, 6.45) is 4.32. The fourth-order valence-electron chi connectivity index (χ4n) is 2.80. The number of nitro benzene ring substituents is 1. The number of rotatable bonds is 6. The van der Waals surface area contributed by atoms with Crippen LogP contribution < -0.4 is 15.0 Å². The number of anilines is 2. The van der Waals surface area contributed by atoms with Crippen LogP contribution in [-0.2, 0) is 6.54 Å². The molecule has 2 heterocycles. The van der Waals surface area contributed by atoms with E-state index in [1.807, 2.05) is 12.3 Å². The third-order valence-corrected chi connectivity index (χ3v) is 4.11. The summed E-state index contributed by atoms with van der Waals surface area (Å²) in [5.41, 5.74) is 1.77. The van der Waals surface area contributed by atoms with Crippen molar-refractivity contribution < 1.29 is 9.66 Å². The van der Waals surface area contributed by atoms with E-state index in [2.05, 4.69) is 21.3 Å². The first-order valence-electron chi connectivity index (χ1n) is 7.93. The van der Waals surface area contributed by atoms with Crippen LogP contribution >= 0.6 is 0 Å². The molecule has 1 aliphatic rings. The molecule has 126 valence electrons. The molecule has 1 aliphatic heterocycles. The molecular weight excluding hydrogens is 308 g/mol. The van der Waals surface area contributed by atoms with Crippen molar-refractivity contribution >= 4 is 17.2 Å². The minimum atomic E-state index is -0.455. The fourth-order valence-corrected chi connectivity index (χ4v) is 2.80. The van der Waals surface area contributed by atoms with Crippen molar-refractivity contribution in [1.29, 1.82) is 0 Å². The Labute approximate surface area is 140 Å². The Bertz CT molecular complexity index is 712. The molecule has 3 rings (SSSR count). The number of nitrogens with zero attached hydrogens (tertiary/aromatic N) is 3. The minimum absolute atomic E-state index is 0.0420. The summed E-state index contributed by atoms with van der Waals surface area (Å²) < 4.78 is 5.07. The van der Waals surface area contributed by atoms with Gasteiger partial charge in [0, 0.05) is 43.7 Å². The lowest BCUT2D eigenvalue weighted by Crippen LogP contribution is -2.18. The predicted octanol–water partition coefficient (Wildman–Crippen LogP) is 3.21. The van der Waals surface area contributed by atoms with Crippen LogP contribution in [0.1, 0.15) is 18.4 Å². The minimum Gasteiger partial charge on any atom is -0.490 e. The lowest BCUT2D eigenvalue weighted by molar-refractivity contribution is -0.385. The molecule has 1 aromatic carbocycles. The van der Waals surface area contributed by atoms with Crippen LogP contribution in [0.5, 0.6) is 5.75 Å². The normalized spacial score (nSPS) is 13.8. The number of methoxy groups -OCH3 is 1. The summed E-state index contributed by atoms with van der Waals surface area (Å²) in [6.45, 7) is 2.74. The second kappa shape index (κ2) is 7.16. The van der Waals surface area contributed by atoms with Crippen LogP contribution in [0.15, 0.2) is 36.5 Å². The Morgan fingerprint density at radius 2 is 2.08 bits per heavy atom. The average Bonchev–Trinajstić information content (AvgIpc) is 3.14. The van der Waals surface area contributed by atoms with Gasteiger partial charge in [0.15, 0.2) is 5.75 Å². The molecule has 0 radical (unpaired) electrons. The Hall–Kier alpha value is -2.83. The molecule has 0 aliphatic carbocycles. The number of hydrogen-bond acceptors (Lipinski definition) is 6. The monoisotopic (exact) mass is 328 g/mol. The van der Waals surface area contributed by atoms with Gasteiger partial charge in [-0.05, 0) is 30.5 Å². The van der Waals surface area contributed by atoms with E-state index in [1.54, 1.807) is 12.1 Å². The van der Waals surface area contributed by atoms with E-state index in [1.165, 1.54) is 26.0 Å². The van der Waals surface area contributed by atoms with Gasteiger partial charge in [-0.1, -0.05) is 6.07 Å². The highest BCUT2D eigenvalue weighted by Crippen LogP contribution is 2.29. The Kier molecular flexibility index (Phi) is 4.79. The maximum atomic E-state index is 10.9. The second-order valence-electron chi connectivity index (χ2n) is 5.72. The summed E-state index contributed by atoms with van der Waals surface area (Å²) >= 11 is 0. The molecule has 1 aromatic heterocycles. The van der Waals surface area contributed by atoms with Crippen molar-refractivity contribution in [3.63, 3.8) is 0 Å². The summed E-state index contributed by atoms with van der Waals surface area (Å²) in [5.74, 6) is 1.26. The largest absolute Gasteiger partial charge is 0.490 e. The number of nitrogens with one attached hydrogen (secondary N) is 1. The Morgan fingerprint density at radius 3 is 2.71 bits per heavy atom. The quantitative estimate of drug-likeness (QED) is 0.648. The van der Waals surface area contributed by atoms with Crippen molar-refractivity contribution in [2.24, 2.45) is 0 Å². The summed E-state index contributed by atoms with van der Waals surface area (Å²) in [5, 5.41) is 14.1. The third kappa shape index (κ3) is 3.56. The maximum Gasteiger partial charge on any atom is 0.311 e. The van der Waals surface area contributed by atoms with Gasteiger partial charge in [0.25, 0.3) is 0 Å². The molecule has 7 heteroatoms. The number of nitro groups is 1. The SMILES string of the molecule is COc1cc(NCc2ccc(N3CCCC3)nc2)ccc1[N+](=O)[O-]. The molecule has 0 saturated carbocycles. The third-order valence-electron chi connectivity index (χ3n) is 4.11. The molecule has 1 saturated heterocycles. The Balaban J connectivity index is 1.64. The molecule has 2 aromatic rings. The topological polar surface area (TPSA) is 80.5 Å². The van der Waals surface area contributed by atoms with Gasteiger partial charge in [-0.25, -0.2) is 4.98 Å². The summed E-state index contributed by atoms with van der Waals surface area (Å²) in [4.78, 5) is 17.3. The van der Waals surface area contributed by atoms with E-state index in [9.17, 15) is 10.1 Å². The Morgan fingerprint density at radius 1 is 1.29 bits per heavy atom. The van der Waals surface area contributed by atoms with E-state index in [4.69, 9.17) is 4.74 Å². The zero-order valence-electron chi connectivity index (χ0n) is 13.6. The zero-order chi connectivity index (χ0) is 16.9. The van der Waals surface area contributed by atoms with E-state index in [0.717, 1.165) is 30.2 Å². The molecule has 24 heavy (non-hydrogen) atoms. The molecule has 0 spiro atoms. The van der Waals surface area contributed by atoms with E-state index < -0.39 is 4.92 Å². The standard InChI is InChI=1S/C17H20N4O3/c1-24-16-10-14(5-6-15(16)21(22)23)18-11-13-4-7-17(19-12-13)20-8-2-3-9-20/h4-7,10,12,18H,2-3,8-9,11H2,1H3. The molecule has 0 bridgehead atoms. The first-order valence-corrected chi connectivity index (χ1v) is 7.93. The van der Waals surface area contributed by atoms with Crippen LogP contribution in [0.3, 0.4) is 0 Å².